The van der Waals surface area contributed by atoms with Gasteiger partial charge in [-0.2, -0.15) is 0 Å². The molecule has 1 aromatic heterocycles. The number of ether oxygens (including phenoxy) is 1. The second-order valence-corrected chi connectivity index (χ2v) is 9.59. The van der Waals surface area contributed by atoms with Crippen LogP contribution in [0.1, 0.15) is 25.3 Å². The molecule has 0 bridgehead atoms. The van der Waals surface area contributed by atoms with Crippen LogP contribution in [-0.2, 0) is 6.54 Å². The largest absolute Gasteiger partial charge is 0.497 e. The second kappa shape index (κ2) is 11.6. The number of fused-ring (bicyclic) bond motifs is 2. The van der Waals surface area contributed by atoms with Crippen LogP contribution in [0.4, 0.5) is 11.4 Å². The van der Waals surface area contributed by atoms with Crippen LogP contribution in [0.2, 0.25) is 5.02 Å². The maximum absolute atomic E-state index is 6.26. The molecular weight excluding hydrogens is 456 g/mol. The average Bonchev–Trinajstić information content (AvgIpc) is 2.86. The molecule has 0 saturated heterocycles. The number of hydrogen-bond donors (Lipinski definition) is 1. The summed E-state index contributed by atoms with van der Waals surface area (Å²) in [5.74, 6) is 0.824. The normalized spacial score (nSPS) is 11.4. The number of rotatable bonds is 11. The van der Waals surface area contributed by atoms with Crippen LogP contribution < -0.4 is 15.0 Å². The Balaban J connectivity index is 1.47. The Hall–Kier alpha value is -3.02. The Morgan fingerprint density at radius 1 is 0.914 bits per heavy atom. The van der Waals surface area contributed by atoms with Crippen molar-refractivity contribution in [3.63, 3.8) is 0 Å². The molecule has 35 heavy (non-hydrogen) atoms. The minimum absolute atomic E-state index is 0.692. The second-order valence-electron chi connectivity index (χ2n) is 9.15. The molecule has 0 aliphatic heterocycles. The summed E-state index contributed by atoms with van der Waals surface area (Å²) in [4.78, 5) is 9.50. The third-order valence-corrected chi connectivity index (χ3v) is 6.53. The molecule has 184 valence electrons. The zero-order valence-corrected chi connectivity index (χ0v) is 21.9. The lowest BCUT2D eigenvalue weighted by atomic mass is 10.1. The third-order valence-electron chi connectivity index (χ3n) is 6.29. The van der Waals surface area contributed by atoms with E-state index in [-0.39, 0.29) is 0 Å². The fourth-order valence-electron chi connectivity index (χ4n) is 4.47. The molecule has 0 amide bonds. The number of halogens is 1. The van der Waals surface area contributed by atoms with Gasteiger partial charge in [0.2, 0.25) is 0 Å². The van der Waals surface area contributed by atoms with Gasteiger partial charge in [-0.05, 0) is 73.5 Å². The van der Waals surface area contributed by atoms with Gasteiger partial charge in [0.1, 0.15) is 5.75 Å². The monoisotopic (exact) mass is 490 g/mol. The first-order chi connectivity index (χ1) is 17.0. The highest BCUT2D eigenvalue weighted by Crippen LogP contribution is 2.34. The molecule has 5 nitrogen and oxygen atoms in total. The highest BCUT2D eigenvalue weighted by Gasteiger charge is 2.12. The molecular formula is C29H35ClN4O. The topological polar surface area (TPSA) is 40.6 Å². The zero-order valence-electron chi connectivity index (χ0n) is 21.1. The van der Waals surface area contributed by atoms with Gasteiger partial charge in [-0.15, -0.1) is 0 Å². The number of aromatic nitrogens is 1. The predicted molar refractivity (Wildman–Crippen MR) is 150 cm³/mol. The van der Waals surface area contributed by atoms with Gasteiger partial charge in [0.05, 0.1) is 23.8 Å². The molecule has 6 heteroatoms. The Morgan fingerprint density at radius 3 is 2.43 bits per heavy atom. The first-order valence-corrected chi connectivity index (χ1v) is 12.7. The molecule has 1 heterocycles. The summed E-state index contributed by atoms with van der Waals surface area (Å²) in [7, 11) is 5.84. The van der Waals surface area contributed by atoms with Crippen LogP contribution in [0.3, 0.4) is 0 Å². The molecule has 0 radical (unpaired) electrons. The smallest absolute Gasteiger partial charge is 0.119 e. The van der Waals surface area contributed by atoms with E-state index in [1.807, 2.05) is 30.3 Å². The summed E-state index contributed by atoms with van der Waals surface area (Å²) in [5.41, 5.74) is 5.49. The molecule has 0 aliphatic carbocycles. The van der Waals surface area contributed by atoms with Crippen molar-refractivity contribution in [2.45, 2.75) is 26.3 Å². The maximum Gasteiger partial charge on any atom is 0.119 e. The molecule has 0 unspecified atom stereocenters. The van der Waals surface area contributed by atoms with Crippen LogP contribution in [0.15, 0.2) is 60.7 Å². The number of methoxy groups -OCH3 is 1. The van der Waals surface area contributed by atoms with Gasteiger partial charge in [-0.1, -0.05) is 30.7 Å². The summed E-state index contributed by atoms with van der Waals surface area (Å²) in [5, 5.41) is 6.54. The van der Waals surface area contributed by atoms with Crippen molar-refractivity contribution in [2.75, 3.05) is 51.1 Å². The Bertz CT molecular complexity index is 1270. The Kier molecular flexibility index (Phi) is 8.32. The van der Waals surface area contributed by atoms with Gasteiger partial charge < -0.3 is 15.0 Å². The van der Waals surface area contributed by atoms with E-state index in [1.54, 1.807) is 7.11 Å². The van der Waals surface area contributed by atoms with Crippen LogP contribution >= 0.6 is 11.6 Å². The molecule has 0 atom stereocenters. The van der Waals surface area contributed by atoms with Gasteiger partial charge in [-0.25, -0.2) is 4.98 Å². The summed E-state index contributed by atoms with van der Waals surface area (Å²) in [6.45, 7) is 6.21. The van der Waals surface area contributed by atoms with Crippen molar-refractivity contribution >= 4 is 44.8 Å². The average molecular weight is 491 g/mol. The van der Waals surface area contributed by atoms with Crippen molar-refractivity contribution in [2.24, 2.45) is 0 Å². The van der Waals surface area contributed by atoms with E-state index in [4.69, 9.17) is 21.3 Å². The van der Waals surface area contributed by atoms with Crippen molar-refractivity contribution in [1.82, 2.24) is 9.88 Å². The fourth-order valence-corrected chi connectivity index (χ4v) is 4.64. The van der Waals surface area contributed by atoms with Gasteiger partial charge in [0.25, 0.3) is 0 Å². The van der Waals surface area contributed by atoms with E-state index in [0.717, 1.165) is 72.3 Å². The quantitative estimate of drug-likeness (QED) is 0.184. The third kappa shape index (κ3) is 6.16. The minimum Gasteiger partial charge on any atom is -0.497 e. The van der Waals surface area contributed by atoms with Crippen molar-refractivity contribution in [1.29, 1.82) is 0 Å². The van der Waals surface area contributed by atoms with Crippen molar-refractivity contribution < 1.29 is 4.74 Å². The van der Waals surface area contributed by atoms with Gasteiger partial charge in [0.15, 0.2) is 0 Å². The first kappa shape index (κ1) is 25.1. The zero-order chi connectivity index (χ0) is 24.8. The number of nitrogens with one attached hydrogen (secondary N) is 1. The van der Waals surface area contributed by atoms with Crippen LogP contribution in [-0.4, -0.2) is 50.7 Å². The maximum atomic E-state index is 6.26. The number of anilines is 2. The van der Waals surface area contributed by atoms with E-state index in [2.05, 4.69) is 66.5 Å². The highest BCUT2D eigenvalue weighted by atomic mass is 35.5. The number of benzene rings is 3. The lowest BCUT2D eigenvalue weighted by Crippen LogP contribution is -2.26. The molecule has 0 fully saturated rings. The van der Waals surface area contributed by atoms with Gasteiger partial charge in [-0.3, -0.25) is 4.90 Å². The van der Waals surface area contributed by atoms with Crippen LogP contribution in [0.5, 0.6) is 5.75 Å². The Morgan fingerprint density at radius 2 is 1.71 bits per heavy atom. The minimum atomic E-state index is 0.692. The molecule has 0 saturated carbocycles. The SMILES string of the molecule is CCCN(CCCNc1c2ccc(Cl)cc2nc2ccc(OC)cc12)Cc1ccc(N(C)C)cc1. The molecule has 0 aliphatic rings. The van der Waals surface area contributed by atoms with E-state index >= 15 is 0 Å². The van der Waals surface area contributed by atoms with Crippen molar-refractivity contribution in [3.8, 4) is 5.75 Å². The summed E-state index contributed by atoms with van der Waals surface area (Å²) < 4.78 is 5.48. The van der Waals surface area contributed by atoms with E-state index in [1.165, 1.54) is 11.3 Å². The van der Waals surface area contributed by atoms with Gasteiger partial charge in [0, 0.05) is 55.2 Å². The number of hydrogen-bond acceptors (Lipinski definition) is 5. The summed E-state index contributed by atoms with van der Waals surface area (Å²) in [6.07, 6.45) is 2.18. The fraction of sp³-hybridized carbons (Fsp3) is 0.345. The van der Waals surface area contributed by atoms with Gasteiger partial charge >= 0.3 is 0 Å². The summed E-state index contributed by atoms with van der Waals surface area (Å²) >= 11 is 6.26. The predicted octanol–water partition coefficient (Wildman–Crippen LogP) is 6.83. The standard InChI is InChI=1S/C29H35ClN4O/c1-5-16-34(20-21-7-10-23(11-8-21)33(2)3)17-6-15-31-29-25-13-9-22(30)18-28(25)32-27-14-12-24(35-4)19-26(27)29/h7-14,18-19H,5-6,15-17,20H2,1-4H3,(H,31,32). The molecule has 4 rings (SSSR count). The lowest BCUT2D eigenvalue weighted by molar-refractivity contribution is 0.265. The van der Waals surface area contributed by atoms with Crippen LogP contribution in [0, 0.1) is 0 Å². The highest BCUT2D eigenvalue weighted by molar-refractivity contribution is 6.31. The summed E-state index contributed by atoms with van der Waals surface area (Å²) in [6, 6.07) is 20.8. The van der Waals surface area contributed by atoms with Crippen molar-refractivity contribution in [3.05, 3.63) is 71.2 Å². The number of nitrogens with zero attached hydrogens (tertiary/aromatic N) is 3. The molecule has 4 aromatic rings. The molecule has 0 spiro atoms. The Labute approximate surface area is 213 Å². The molecule has 3 aromatic carbocycles. The van der Waals surface area contributed by atoms with E-state index in [9.17, 15) is 0 Å². The van der Waals surface area contributed by atoms with Crippen LogP contribution in [0.25, 0.3) is 21.8 Å². The van der Waals surface area contributed by atoms with E-state index < -0.39 is 0 Å². The lowest BCUT2D eigenvalue weighted by Gasteiger charge is -2.23. The molecule has 1 N–H and O–H groups in total. The first-order valence-electron chi connectivity index (χ1n) is 12.3. The number of pyridine rings is 1. The van der Waals surface area contributed by atoms with E-state index in [0.29, 0.717) is 5.02 Å².